The second kappa shape index (κ2) is 7.69. The molecule has 0 aliphatic heterocycles. The van der Waals surface area contributed by atoms with Crippen LogP contribution in [0, 0.1) is 0 Å². The molecule has 1 unspecified atom stereocenters. The Labute approximate surface area is 125 Å². The van der Waals surface area contributed by atoms with Gasteiger partial charge in [-0.1, -0.05) is 6.07 Å². The average molecular weight is 289 g/mol. The lowest BCUT2D eigenvalue weighted by atomic mass is 10.1. The molecule has 5 nitrogen and oxygen atoms in total. The molecule has 0 bridgehead atoms. The van der Waals surface area contributed by atoms with E-state index in [4.69, 9.17) is 15.2 Å². The van der Waals surface area contributed by atoms with Crippen molar-refractivity contribution in [3.8, 4) is 11.5 Å². The zero-order valence-corrected chi connectivity index (χ0v) is 12.7. The van der Waals surface area contributed by atoms with E-state index in [9.17, 15) is 0 Å². The smallest absolute Gasteiger partial charge is 0.161 e. The van der Waals surface area contributed by atoms with Crippen molar-refractivity contribution < 1.29 is 9.47 Å². The Balaban J connectivity index is 1.90. The Kier molecular flexibility index (Phi) is 5.63. The molecule has 0 amide bonds. The molecule has 114 valence electrons. The number of imidazole rings is 1. The van der Waals surface area contributed by atoms with Gasteiger partial charge in [-0.05, 0) is 37.5 Å². The number of methoxy groups -OCH3 is 1. The molecule has 2 rings (SSSR count). The fraction of sp³-hybridized carbons (Fsp3) is 0.438. The van der Waals surface area contributed by atoms with E-state index in [1.807, 2.05) is 42.2 Å². The second-order valence-electron chi connectivity index (χ2n) is 5.17. The Hall–Kier alpha value is -2.01. The molecule has 21 heavy (non-hydrogen) atoms. The van der Waals surface area contributed by atoms with Crippen molar-refractivity contribution in [1.82, 2.24) is 9.55 Å². The predicted octanol–water partition coefficient (Wildman–Crippen LogP) is 2.25. The highest BCUT2D eigenvalue weighted by Crippen LogP contribution is 2.28. The first kappa shape index (κ1) is 15.4. The van der Waals surface area contributed by atoms with Gasteiger partial charge < -0.3 is 19.8 Å². The molecule has 0 aliphatic carbocycles. The molecule has 2 aromatic rings. The highest BCUT2D eigenvalue weighted by atomic mass is 16.5. The Morgan fingerprint density at radius 1 is 1.33 bits per heavy atom. The van der Waals surface area contributed by atoms with Gasteiger partial charge in [0.2, 0.25) is 0 Å². The minimum absolute atomic E-state index is 0.132. The number of aromatic nitrogens is 2. The van der Waals surface area contributed by atoms with E-state index in [0.29, 0.717) is 6.61 Å². The fourth-order valence-electron chi connectivity index (χ4n) is 2.18. The topological polar surface area (TPSA) is 62.3 Å². The minimum Gasteiger partial charge on any atom is -0.493 e. The van der Waals surface area contributed by atoms with Gasteiger partial charge in [-0.3, -0.25) is 0 Å². The molecule has 0 radical (unpaired) electrons. The van der Waals surface area contributed by atoms with Crippen LogP contribution < -0.4 is 15.2 Å². The van der Waals surface area contributed by atoms with Crippen molar-refractivity contribution in [3.05, 3.63) is 42.5 Å². The Morgan fingerprint density at radius 3 is 2.86 bits per heavy atom. The molecule has 1 atom stereocenters. The largest absolute Gasteiger partial charge is 0.493 e. The molecule has 1 aromatic carbocycles. The molecule has 0 saturated heterocycles. The molecular weight excluding hydrogens is 266 g/mol. The van der Waals surface area contributed by atoms with Gasteiger partial charge >= 0.3 is 0 Å². The lowest BCUT2D eigenvalue weighted by molar-refractivity contribution is 0.282. The number of aryl methyl sites for hydroxylation is 1. The summed E-state index contributed by atoms with van der Waals surface area (Å²) >= 11 is 0. The molecule has 0 fully saturated rings. The third kappa shape index (κ3) is 4.79. The maximum Gasteiger partial charge on any atom is 0.161 e. The minimum atomic E-state index is 0.132. The normalized spacial score (nSPS) is 12.1. The lowest BCUT2D eigenvalue weighted by Gasteiger charge is -2.13. The maximum atomic E-state index is 5.85. The predicted molar refractivity (Wildman–Crippen MR) is 82.7 cm³/mol. The van der Waals surface area contributed by atoms with E-state index >= 15 is 0 Å². The van der Waals surface area contributed by atoms with Crippen molar-refractivity contribution in [2.45, 2.75) is 32.4 Å². The third-order valence-electron chi connectivity index (χ3n) is 3.16. The third-order valence-corrected chi connectivity index (χ3v) is 3.16. The second-order valence-corrected chi connectivity index (χ2v) is 5.17. The Morgan fingerprint density at radius 2 is 2.19 bits per heavy atom. The maximum absolute atomic E-state index is 5.85. The summed E-state index contributed by atoms with van der Waals surface area (Å²) in [5, 5.41) is 0. The summed E-state index contributed by atoms with van der Waals surface area (Å²) in [7, 11) is 1.65. The summed E-state index contributed by atoms with van der Waals surface area (Å²) in [5.74, 6) is 1.53. The van der Waals surface area contributed by atoms with Crippen LogP contribution in [0.5, 0.6) is 11.5 Å². The van der Waals surface area contributed by atoms with E-state index in [0.717, 1.165) is 36.4 Å². The number of hydrogen-bond acceptors (Lipinski definition) is 4. The number of nitrogens with two attached hydrogens (primary N) is 1. The van der Waals surface area contributed by atoms with E-state index in [2.05, 4.69) is 4.98 Å². The van der Waals surface area contributed by atoms with E-state index in [1.165, 1.54) is 0 Å². The van der Waals surface area contributed by atoms with Gasteiger partial charge in [0.1, 0.15) is 0 Å². The summed E-state index contributed by atoms with van der Waals surface area (Å²) in [6.45, 7) is 3.52. The van der Waals surface area contributed by atoms with Crippen molar-refractivity contribution in [2.75, 3.05) is 13.7 Å². The summed E-state index contributed by atoms with van der Waals surface area (Å²) in [4.78, 5) is 4.02. The van der Waals surface area contributed by atoms with Crippen LogP contribution in [0.1, 0.15) is 18.9 Å². The van der Waals surface area contributed by atoms with Crippen LogP contribution >= 0.6 is 0 Å². The van der Waals surface area contributed by atoms with Gasteiger partial charge in [0.15, 0.2) is 11.5 Å². The first-order valence-electron chi connectivity index (χ1n) is 7.20. The molecule has 0 saturated carbocycles. The van der Waals surface area contributed by atoms with Crippen LogP contribution in [0.15, 0.2) is 36.9 Å². The molecular formula is C16H23N3O2. The summed E-state index contributed by atoms with van der Waals surface area (Å²) < 4.78 is 13.2. The van der Waals surface area contributed by atoms with Crippen molar-refractivity contribution in [2.24, 2.45) is 5.73 Å². The van der Waals surface area contributed by atoms with Gasteiger partial charge in [0.05, 0.1) is 20.0 Å². The number of nitrogens with zero attached hydrogens (tertiary/aromatic N) is 2. The average Bonchev–Trinajstić information content (AvgIpc) is 2.96. The highest BCUT2D eigenvalue weighted by molar-refractivity contribution is 5.43. The molecule has 1 heterocycles. The number of ether oxygens (including phenoxy) is 2. The van der Waals surface area contributed by atoms with Gasteiger partial charge in [0, 0.05) is 25.0 Å². The first-order valence-corrected chi connectivity index (χ1v) is 7.20. The van der Waals surface area contributed by atoms with Crippen LogP contribution in [0.2, 0.25) is 0 Å². The quantitative estimate of drug-likeness (QED) is 0.757. The fourth-order valence-corrected chi connectivity index (χ4v) is 2.18. The highest BCUT2D eigenvalue weighted by Gasteiger charge is 2.07. The molecule has 5 heteroatoms. The van der Waals surface area contributed by atoms with Crippen LogP contribution in [0.3, 0.4) is 0 Å². The standard InChI is InChI=1S/C16H23N3O2/c1-13(17)10-14-4-5-15(20-2)16(11-14)21-9-3-7-19-8-6-18-12-19/h4-6,8,11-13H,3,7,9-10,17H2,1-2H3. The van der Waals surface area contributed by atoms with Crippen LogP contribution in [0.4, 0.5) is 0 Å². The molecule has 1 aromatic heterocycles. The monoisotopic (exact) mass is 289 g/mol. The van der Waals surface area contributed by atoms with E-state index < -0.39 is 0 Å². The van der Waals surface area contributed by atoms with Gasteiger partial charge in [-0.15, -0.1) is 0 Å². The van der Waals surface area contributed by atoms with E-state index in [-0.39, 0.29) is 6.04 Å². The zero-order chi connectivity index (χ0) is 15.1. The Bertz CT molecular complexity index is 538. The van der Waals surface area contributed by atoms with Crippen molar-refractivity contribution >= 4 is 0 Å². The number of rotatable bonds is 8. The molecule has 0 aliphatic rings. The summed E-state index contributed by atoms with van der Waals surface area (Å²) in [5.41, 5.74) is 7.00. The van der Waals surface area contributed by atoms with Crippen molar-refractivity contribution in [3.63, 3.8) is 0 Å². The number of hydrogen-bond donors (Lipinski definition) is 1. The van der Waals surface area contributed by atoms with Gasteiger partial charge in [0.25, 0.3) is 0 Å². The van der Waals surface area contributed by atoms with Gasteiger partial charge in [-0.25, -0.2) is 4.98 Å². The first-order chi connectivity index (χ1) is 10.2. The summed E-state index contributed by atoms with van der Waals surface area (Å²) in [6, 6.07) is 6.11. The van der Waals surface area contributed by atoms with E-state index in [1.54, 1.807) is 13.3 Å². The van der Waals surface area contributed by atoms with Crippen LogP contribution in [-0.4, -0.2) is 29.3 Å². The van der Waals surface area contributed by atoms with Crippen LogP contribution in [-0.2, 0) is 13.0 Å². The zero-order valence-electron chi connectivity index (χ0n) is 12.7. The molecule has 0 spiro atoms. The molecule has 2 N–H and O–H groups in total. The van der Waals surface area contributed by atoms with Crippen LogP contribution in [0.25, 0.3) is 0 Å². The SMILES string of the molecule is COc1ccc(CC(C)N)cc1OCCCn1ccnc1. The number of benzene rings is 1. The van der Waals surface area contributed by atoms with Crippen molar-refractivity contribution in [1.29, 1.82) is 0 Å². The summed E-state index contributed by atoms with van der Waals surface area (Å²) in [6.07, 6.45) is 7.28. The lowest BCUT2D eigenvalue weighted by Crippen LogP contribution is -2.17. The van der Waals surface area contributed by atoms with Gasteiger partial charge in [-0.2, -0.15) is 0 Å².